The fourth-order valence-electron chi connectivity index (χ4n) is 2.82. The summed E-state index contributed by atoms with van der Waals surface area (Å²) in [4.78, 5) is 11.7. The van der Waals surface area contributed by atoms with Gasteiger partial charge in [-0.1, -0.05) is 64.7 Å². The van der Waals surface area contributed by atoms with Gasteiger partial charge in [0.1, 0.15) is 0 Å². The molecule has 0 fully saturated rings. The second-order valence-electron chi connectivity index (χ2n) is 6.28. The molecule has 0 aromatic carbocycles. The Labute approximate surface area is 140 Å². The van der Waals surface area contributed by atoms with E-state index in [2.05, 4.69) is 27.6 Å². The van der Waals surface area contributed by atoms with E-state index in [1.165, 1.54) is 51.4 Å². The van der Waals surface area contributed by atoms with Crippen LogP contribution in [0.25, 0.3) is 0 Å². The summed E-state index contributed by atoms with van der Waals surface area (Å²) in [5, 5.41) is 15.3. The molecule has 6 heteroatoms. The van der Waals surface area contributed by atoms with Gasteiger partial charge < -0.3 is 4.74 Å². The molecule has 0 aliphatic carbocycles. The van der Waals surface area contributed by atoms with E-state index in [9.17, 15) is 4.79 Å². The Morgan fingerprint density at radius 1 is 0.826 bits per heavy atom. The average Bonchev–Trinajstić information content (AvgIpc) is 2.98. The van der Waals surface area contributed by atoms with Gasteiger partial charge in [-0.05, 0) is 30.2 Å². The quantitative estimate of drug-likeness (QED) is 0.300. The molecule has 132 valence electrons. The molecule has 0 spiro atoms. The molecular formula is C17H32N4O2. The van der Waals surface area contributed by atoms with Crippen molar-refractivity contribution in [3.63, 3.8) is 0 Å². The third-order valence-electron chi connectivity index (χ3n) is 4.17. The Hall–Kier alpha value is -1.33. The highest BCUT2D eigenvalue weighted by atomic mass is 16.5. The Morgan fingerprint density at radius 2 is 1.35 bits per heavy atom. The summed E-state index contributed by atoms with van der Waals surface area (Å²) in [5.41, 5.74) is -0.799. The zero-order valence-corrected chi connectivity index (χ0v) is 14.8. The first-order valence-electron chi connectivity index (χ1n) is 9.22. The maximum Gasteiger partial charge on any atom is 0.310 e. The van der Waals surface area contributed by atoms with Crippen molar-refractivity contribution in [2.24, 2.45) is 20.7 Å². The third-order valence-corrected chi connectivity index (χ3v) is 4.17. The second kappa shape index (κ2) is 12.1. The predicted octanol–water partition coefficient (Wildman–Crippen LogP) is 5.78. The van der Waals surface area contributed by atoms with Crippen molar-refractivity contribution in [1.29, 1.82) is 0 Å². The van der Waals surface area contributed by atoms with Gasteiger partial charge >= 0.3 is 5.97 Å². The zero-order valence-electron chi connectivity index (χ0n) is 14.8. The van der Waals surface area contributed by atoms with Crippen LogP contribution in [0.3, 0.4) is 0 Å². The van der Waals surface area contributed by atoms with Gasteiger partial charge in [-0.3, -0.25) is 4.79 Å². The van der Waals surface area contributed by atoms with Crippen molar-refractivity contribution in [2.45, 2.75) is 96.6 Å². The molecule has 0 N–H and O–H groups in total. The summed E-state index contributed by atoms with van der Waals surface area (Å²) in [6.07, 6.45) is 13.6. The summed E-state index contributed by atoms with van der Waals surface area (Å²) >= 11 is 0. The largest absolute Gasteiger partial charge is 0.466 e. The molecular weight excluding hydrogens is 292 g/mol. The van der Waals surface area contributed by atoms with Crippen LogP contribution < -0.4 is 0 Å². The van der Waals surface area contributed by atoms with E-state index >= 15 is 0 Å². The van der Waals surface area contributed by atoms with Crippen molar-refractivity contribution in [3.05, 3.63) is 0 Å². The van der Waals surface area contributed by atoms with Crippen molar-refractivity contribution < 1.29 is 9.53 Å². The Bertz CT molecular complexity index is 371. The maximum absolute atomic E-state index is 11.7. The standard InChI is InChI=1S/C17H32N4O2/c1-3-5-6-7-8-9-10-11-12-13-14-17(18-20-21-19-17)15-16(22)23-4-2/h3-15H2,1-2H3. The van der Waals surface area contributed by atoms with E-state index in [-0.39, 0.29) is 12.4 Å². The van der Waals surface area contributed by atoms with Crippen LogP contribution >= 0.6 is 0 Å². The molecule has 0 saturated carbocycles. The van der Waals surface area contributed by atoms with Gasteiger partial charge in [0.25, 0.3) is 0 Å². The number of carbonyl (C=O) groups excluding carboxylic acids is 1. The fraction of sp³-hybridized carbons (Fsp3) is 0.941. The van der Waals surface area contributed by atoms with Crippen molar-refractivity contribution in [1.82, 2.24) is 0 Å². The summed E-state index contributed by atoms with van der Waals surface area (Å²) < 4.78 is 4.99. The van der Waals surface area contributed by atoms with Crippen LogP contribution in [0.4, 0.5) is 0 Å². The lowest BCUT2D eigenvalue weighted by Gasteiger charge is -2.18. The first kappa shape index (κ1) is 19.7. The predicted molar refractivity (Wildman–Crippen MR) is 90.2 cm³/mol. The molecule has 0 bridgehead atoms. The van der Waals surface area contributed by atoms with Crippen molar-refractivity contribution >= 4 is 5.97 Å². The van der Waals surface area contributed by atoms with Gasteiger partial charge in [0, 0.05) is 0 Å². The number of carbonyl (C=O) groups is 1. The molecule has 0 amide bonds. The number of esters is 1. The molecule has 0 radical (unpaired) electrons. The van der Waals surface area contributed by atoms with Gasteiger partial charge in [-0.15, -0.1) is 10.2 Å². The van der Waals surface area contributed by atoms with Crippen LogP contribution in [0.2, 0.25) is 0 Å². The van der Waals surface area contributed by atoms with Crippen LogP contribution in [-0.2, 0) is 9.53 Å². The summed E-state index contributed by atoms with van der Waals surface area (Å²) in [6, 6.07) is 0. The minimum atomic E-state index is -0.799. The van der Waals surface area contributed by atoms with Crippen LogP contribution in [0, 0.1) is 0 Å². The van der Waals surface area contributed by atoms with Crippen LogP contribution in [0.1, 0.15) is 90.9 Å². The zero-order chi connectivity index (χ0) is 16.8. The Kier molecular flexibility index (Phi) is 10.4. The van der Waals surface area contributed by atoms with Gasteiger partial charge in [0.05, 0.1) is 13.0 Å². The first-order valence-corrected chi connectivity index (χ1v) is 9.22. The fourth-order valence-corrected chi connectivity index (χ4v) is 2.82. The molecule has 1 aliphatic heterocycles. The Morgan fingerprint density at radius 3 is 1.87 bits per heavy atom. The van der Waals surface area contributed by atoms with Crippen molar-refractivity contribution in [2.75, 3.05) is 6.61 Å². The van der Waals surface area contributed by atoms with Gasteiger partial charge in [0.15, 0.2) is 0 Å². The number of ether oxygens (including phenoxy) is 1. The van der Waals surface area contributed by atoms with E-state index in [1.807, 2.05) is 0 Å². The number of hydrogen-bond acceptors (Lipinski definition) is 6. The lowest BCUT2D eigenvalue weighted by molar-refractivity contribution is -0.144. The molecule has 6 nitrogen and oxygen atoms in total. The van der Waals surface area contributed by atoms with Gasteiger partial charge in [-0.25, -0.2) is 0 Å². The van der Waals surface area contributed by atoms with Crippen LogP contribution in [0.15, 0.2) is 20.7 Å². The van der Waals surface area contributed by atoms with Crippen LogP contribution in [-0.4, -0.2) is 18.2 Å². The van der Waals surface area contributed by atoms with Gasteiger partial charge in [0.2, 0.25) is 5.66 Å². The van der Waals surface area contributed by atoms with E-state index in [0.717, 1.165) is 19.3 Å². The molecule has 1 rings (SSSR count). The van der Waals surface area contributed by atoms with E-state index in [0.29, 0.717) is 6.61 Å². The Balaban J connectivity index is 2.09. The summed E-state index contributed by atoms with van der Waals surface area (Å²) in [6.45, 7) is 4.42. The highest BCUT2D eigenvalue weighted by Gasteiger charge is 2.36. The summed E-state index contributed by atoms with van der Waals surface area (Å²) in [5.74, 6) is -0.278. The SMILES string of the molecule is CCCCCCCCCCCCC1(CC(=O)OCC)N=NN=N1. The molecule has 1 aliphatic rings. The smallest absolute Gasteiger partial charge is 0.310 e. The molecule has 0 unspecified atom stereocenters. The molecule has 23 heavy (non-hydrogen) atoms. The summed E-state index contributed by atoms with van der Waals surface area (Å²) in [7, 11) is 0. The van der Waals surface area contributed by atoms with Crippen molar-refractivity contribution in [3.8, 4) is 0 Å². The number of hydrogen-bond donors (Lipinski definition) is 0. The average molecular weight is 324 g/mol. The molecule has 0 atom stereocenters. The molecule has 0 aromatic rings. The third kappa shape index (κ3) is 8.77. The number of rotatable bonds is 14. The minimum Gasteiger partial charge on any atom is -0.466 e. The molecule has 0 aromatic heterocycles. The number of unbranched alkanes of at least 4 members (excludes halogenated alkanes) is 9. The minimum absolute atomic E-state index is 0.144. The molecule has 1 heterocycles. The maximum atomic E-state index is 11.7. The highest BCUT2D eigenvalue weighted by molar-refractivity contribution is 5.70. The lowest BCUT2D eigenvalue weighted by atomic mass is 9.98. The lowest BCUT2D eigenvalue weighted by Crippen LogP contribution is -2.26. The molecule has 0 saturated heterocycles. The van der Waals surface area contributed by atoms with Gasteiger partial charge in [-0.2, -0.15) is 0 Å². The number of nitrogens with zero attached hydrogens (tertiary/aromatic N) is 4. The monoisotopic (exact) mass is 324 g/mol. The van der Waals surface area contributed by atoms with E-state index in [4.69, 9.17) is 4.74 Å². The second-order valence-corrected chi connectivity index (χ2v) is 6.28. The first-order chi connectivity index (χ1) is 11.2. The van der Waals surface area contributed by atoms with E-state index < -0.39 is 5.66 Å². The topological polar surface area (TPSA) is 75.7 Å². The van der Waals surface area contributed by atoms with Crippen LogP contribution in [0.5, 0.6) is 0 Å². The highest BCUT2D eigenvalue weighted by Crippen LogP contribution is 2.31. The van der Waals surface area contributed by atoms with E-state index in [1.54, 1.807) is 6.92 Å². The normalized spacial score (nSPS) is 15.2.